The zero-order valence-corrected chi connectivity index (χ0v) is 13.1. The number of hydrogen-bond acceptors (Lipinski definition) is 3. The van der Waals surface area contributed by atoms with E-state index in [-0.39, 0.29) is 17.3 Å². The normalized spacial score (nSPS) is 12.1. The molecule has 0 aliphatic rings. The highest BCUT2D eigenvalue weighted by Crippen LogP contribution is 2.22. The van der Waals surface area contributed by atoms with Crippen LogP contribution in [0, 0.1) is 0 Å². The van der Waals surface area contributed by atoms with E-state index in [2.05, 4.69) is 15.2 Å². The lowest BCUT2D eigenvalue weighted by Crippen LogP contribution is -2.10. The van der Waals surface area contributed by atoms with Crippen molar-refractivity contribution < 1.29 is 4.79 Å². The maximum Gasteiger partial charge on any atom is 0.264 e. The monoisotopic (exact) mass is 327 g/mol. The van der Waals surface area contributed by atoms with E-state index in [1.54, 1.807) is 36.4 Å². The fourth-order valence-corrected chi connectivity index (χ4v) is 2.53. The number of carbonyl (C=O) groups excluding carboxylic acids is 1. The van der Waals surface area contributed by atoms with Crippen molar-refractivity contribution in [3.63, 3.8) is 0 Å². The molecule has 0 bridgehead atoms. The van der Waals surface area contributed by atoms with Gasteiger partial charge in [0, 0.05) is 28.3 Å². The molecule has 3 rings (SSSR count). The van der Waals surface area contributed by atoms with E-state index < -0.39 is 0 Å². The molecule has 0 saturated heterocycles. The second kappa shape index (κ2) is 6.22. The fraction of sp³-hybridized carbons (Fsp3) is 0.118. The van der Waals surface area contributed by atoms with Gasteiger partial charge in [0.1, 0.15) is 0 Å². The lowest BCUT2D eigenvalue weighted by atomic mass is 10.0. The summed E-state index contributed by atoms with van der Waals surface area (Å²) in [6, 6.07) is 13.5. The van der Waals surface area contributed by atoms with Gasteiger partial charge in [-0.3, -0.25) is 9.59 Å². The summed E-state index contributed by atoms with van der Waals surface area (Å²) in [5.74, 6) is -0.201. The van der Waals surface area contributed by atoms with Crippen molar-refractivity contribution in [2.45, 2.75) is 12.8 Å². The van der Waals surface area contributed by atoms with Gasteiger partial charge in [-0.1, -0.05) is 30.7 Å². The minimum absolute atomic E-state index is 0.0761. The highest BCUT2D eigenvalue weighted by molar-refractivity contribution is 6.31. The summed E-state index contributed by atoms with van der Waals surface area (Å²) >= 11 is 5.93. The van der Waals surface area contributed by atoms with Crippen LogP contribution in [0.2, 0.25) is 5.02 Å². The molecule has 6 heteroatoms. The maximum absolute atomic E-state index is 12.5. The predicted octanol–water partition coefficient (Wildman–Crippen LogP) is 3.13. The molecule has 2 heterocycles. The van der Waals surface area contributed by atoms with Crippen LogP contribution in [0.15, 0.2) is 53.3 Å². The van der Waals surface area contributed by atoms with Gasteiger partial charge < -0.3 is 4.98 Å². The third-order valence-corrected chi connectivity index (χ3v) is 3.89. The van der Waals surface area contributed by atoms with Crippen molar-refractivity contribution in [1.29, 1.82) is 0 Å². The molecular formula is C17H14ClN3O2. The highest BCUT2D eigenvalue weighted by atomic mass is 35.5. The van der Waals surface area contributed by atoms with Gasteiger partial charge in [-0.15, -0.1) is 0 Å². The zero-order chi connectivity index (χ0) is 16.4. The van der Waals surface area contributed by atoms with Crippen LogP contribution in [-0.2, 0) is 0 Å². The Morgan fingerprint density at radius 3 is 2.70 bits per heavy atom. The van der Waals surface area contributed by atoms with Gasteiger partial charge >= 0.3 is 0 Å². The highest BCUT2D eigenvalue weighted by Gasteiger charge is 2.16. The summed E-state index contributed by atoms with van der Waals surface area (Å²) in [6.45, 7) is 1.94. The number of nitrogens with zero attached hydrogens (tertiary/aromatic N) is 1. The molecule has 23 heavy (non-hydrogen) atoms. The van der Waals surface area contributed by atoms with Gasteiger partial charge in [-0.25, -0.2) is 5.10 Å². The Balaban J connectivity index is 1.86. The number of hydrogen-bond donors (Lipinski definition) is 2. The first-order valence-electron chi connectivity index (χ1n) is 7.09. The molecule has 0 radical (unpaired) electrons. The molecule has 1 unspecified atom stereocenters. The smallest absolute Gasteiger partial charge is 0.264 e. The number of aromatic nitrogens is 3. The van der Waals surface area contributed by atoms with Crippen molar-refractivity contribution in [1.82, 2.24) is 15.2 Å². The first kappa shape index (κ1) is 15.2. The number of benzene rings is 1. The Bertz CT molecular complexity index is 893. The van der Waals surface area contributed by atoms with E-state index in [1.807, 2.05) is 13.0 Å². The molecular weight excluding hydrogens is 314 g/mol. The average molecular weight is 328 g/mol. The quantitative estimate of drug-likeness (QED) is 0.722. The molecule has 116 valence electrons. The third-order valence-electron chi connectivity index (χ3n) is 3.65. The van der Waals surface area contributed by atoms with Crippen LogP contribution in [0.1, 0.15) is 40.3 Å². The Hall–Kier alpha value is -2.66. The predicted molar refractivity (Wildman–Crippen MR) is 88.1 cm³/mol. The Kier molecular flexibility index (Phi) is 4.12. The van der Waals surface area contributed by atoms with E-state index >= 15 is 0 Å². The molecule has 0 fully saturated rings. The Morgan fingerprint density at radius 1 is 1.17 bits per heavy atom. The summed E-state index contributed by atoms with van der Waals surface area (Å²) < 4.78 is 0. The van der Waals surface area contributed by atoms with E-state index in [9.17, 15) is 9.59 Å². The van der Waals surface area contributed by atoms with Crippen LogP contribution in [0.25, 0.3) is 0 Å². The van der Waals surface area contributed by atoms with Gasteiger partial charge in [-0.05, 0) is 30.3 Å². The van der Waals surface area contributed by atoms with Crippen molar-refractivity contribution in [2.75, 3.05) is 0 Å². The number of H-pyrrole nitrogens is 2. The number of aromatic amines is 2. The molecule has 0 saturated carbocycles. The number of ketones is 1. The number of nitrogens with one attached hydrogen (secondary N) is 2. The molecule has 0 amide bonds. The number of halogens is 1. The van der Waals surface area contributed by atoms with E-state index in [4.69, 9.17) is 11.6 Å². The summed E-state index contributed by atoms with van der Waals surface area (Å²) in [5.41, 5.74) is 2.33. The average Bonchev–Trinajstić information content (AvgIpc) is 3.04. The summed E-state index contributed by atoms with van der Waals surface area (Å²) in [6.07, 6.45) is 0. The first-order valence-corrected chi connectivity index (χ1v) is 7.47. The van der Waals surface area contributed by atoms with Crippen LogP contribution in [0.3, 0.4) is 0 Å². The van der Waals surface area contributed by atoms with Crippen LogP contribution in [-0.4, -0.2) is 21.0 Å². The van der Waals surface area contributed by atoms with Gasteiger partial charge in [0.25, 0.3) is 5.56 Å². The van der Waals surface area contributed by atoms with Crippen LogP contribution in [0.4, 0.5) is 0 Å². The second-order valence-corrected chi connectivity index (χ2v) is 5.67. The SMILES string of the molecule is CC(c1ccc(=O)[nH]n1)c1ccc(C(=O)c2cccc(Cl)c2)[nH]1. The topological polar surface area (TPSA) is 78.6 Å². The van der Waals surface area contributed by atoms with Gasteiger partial charge in [0.2, 0.25) is 5.78 Å². The molecule has 0 spiro atoms. The summed E-state index contributed by atoms with van der Waals surface area (Å²) in [5, 5.41) is 6.95. The van der Waals surface area contributed by atoms with Gasteiger partial charge in [0.15, 0.2) is 0 Å². The summed E-state index contributed by atoms with van der Waals surface area (Å²) in [7, 11) is 0. The molecule has 1 aromatic carbocycles. The van der Waals surface area contributed by atoms with Gasteiger partial charge in [0.05, 0.1) is 11.4 Å². The van der Waals surface area contributed by atoms with E-state index in [1.165, 1.54) is 6.07 Å². The minimum atomic E-state index is -0.246. The lowest BCUT2D eigenvalue weighted by Gasteiger charge is -2.08. The molecule has 2 N–H and O–H groups in total. The zero-order valence-electron chi connectivity index (χ0n) is 12.3. The molecule has 5 nitrogen and oxygen atoms in total. The molecule has 1 atom stereocenters. The Labute approximate surface area is 137 Å². The maximum atomic E-state index is 12.5. The van der Waals surface area contributed by atoms with Crippen molar-refractivity contribution >= 4 is 17.4 Å². The molecule has 2 aromatic heterocycles. The Morgan fingerprint density at radius 2 is 2.00 bits per heavy atom. The van der Waals surface area contributed by atoms with Crippen molar-refractivity contribution in [2.24, 2.45) is 0 Å². The van der Waals surface area contributed by atoms with Crippen molar-refractivity contribution in [3.8, 4) is 0 Å². The van der Waals surface area contributed by atoms with Gasteiger partial charge in [-0.2, -0.15) is 5.10 Å². The summed E-state index contributed by atoms with van der Waals surface area (Å²) in [4.78, 5) is 26.7. The van der Waals surface area contributed by atoms with Crippen LogP contribution < -0.4 is 5.56 Å². The fourth-order valence-electron chi connectivity index (χ4n) is 2.34. The largest absolute Gasteiger partial charge is 0.355 e. The first-order chi connectivity index (χ1) is 11.0. The molecule has 0 aliphatic carbocycles. The number of rotatable bonds is 4. The van der Waals surface area contributed by atoms with Crippen LogP contribution >= 0.6 is 11.6 Å². The van der Waals surface area contributed by atoms with E-state index in [0.29, 0.717) is 22.0 Å². The molecule has 3 aromatic rings. The minimum Gasteiger partial charge on any atom is -0.355 e. The standard InChI is InChI=1S/C17H14ClN3O2/c1-10(14-7-8-16(22)21-20-14)13-5-6-15(19-13)17(23)11-3-2-4-12(18)9-11/h2-10,19H,1H3,(H,21,22). The van der Waals surface area contributed by atoms with Crippen molar-refractivity contribution in [3.05, 3.63) is 86.6 Å². The van der Waals surface area contributed by atoms with E-state index in [0.717, 1.165) is 5.69 Å². The third kappa shape index (κ3) is 3.24. The lowest BCUT2D eigenvalue weighted by molar-refractivity contribution is 0.103. The molecule has 0 aliphatic heterocycles. The number of carbonyl (C=O) groups is 1. The van der Waals surface area contributed by atoms with Crippen LogP contribution in [0.5, 0.6) is 0 Å². The second-order valence-electron chi connectivity index (χ2n) is 5.23.